The van der Waals surface area contributed by atoms with Gasteiger partial charge in [0.2, 0.25) is 0 Å². The second-order valence-corrected chi connectivity index (χ2v) is 20.7. The number of nitrogens with zero attached hydrogens (tertiary/aromatic N) is 3. The molecule has 0 spiro atoms. The van der Waals surface area contributed by atoms with E-state index in [2.05, 4.69) is 178 Å². The zero-order chi connectivity index (χ0) is 47.5. The first-order chi connectivity index (χ1) is 33.2. The molecule has 0 atom stereocenters. The van der Waals surface area contributed by atoms with E-state index in [4.69, 9.17) is 14.5 Å². The van der Waals surface area contributed by atoms with E-state index in [9.17, 15) is 4.39 Å². The molecule has 0 bridgehead atoms. The molecule has 2 aliphatic rings. The molecular formula is C62H49BFIrN3O2-2. The first-order valence-electron chi connectivity index (χ1n) is 23.7. The Labute approximate surface area is 421 Å². The van der Waals surface area contributed by atoms with Gasteiger partial charge in [-0.15, -0.1) is 48.0 Å². The number of pyridine rings is 2. The van der Waals surface area contributed by atoms with Gasteiger partial charge in [-0.25, -0.2) is 0 Å². The Balaban J connectivity index is 0.000000286. The number of aryl methyl sites for hydroxylation is 2. The van der Waals surface area contributed by atoms with Gasteiger partial charge in [-0.05, 0) is 117 Å². The Bertz CT molecular complexity index is 3900. The fraction of sp³-hybridized carbons (Fsp3) is 0.161. The van der Waals surface area contributed by atoms with Crippen LogP contribution >= 0.6 is 0 Å². The van der Waals surface area contributed by atoms with E-state index >= 15 is 0 Å². The maximum absolute atomic E-state index is 12.7. The Morgan fingerprint density at radius 2 is 1.34 bits per heavy atom. The summed E-state index contributed by atoms with van der Waals surface area (Å²) < 4.78 is 28.8. The van der Waals surface area contributed by atoms with Crippen molar-refractivity contribution in [2.24, 2.45) is 0 Å². The van der Waals surface area contributed by atoms with Gasteiger partial charge in [0.1, 0.15) is 23.0 Å². The summed E-state index contributed by atoms with van der Waals surface area (Å²) in [7, 11) is 0. The van der Waals surface area contributed by atoms with Crippen LogP contribution in [0.25, 0.3) is 71.5 Å². The molecule has 70 heavy (non-hydrogen) atoms. The molecule has 345 valence electrons. The number of aromatic nitrogens is 3. The second-order valence-electron chi connectivity index (χ2n) is 20.7. The zero-order valence-electron chi connectivity index (χ0n) is 40.4. The summed E-state index contributed by atoms with van der Waals surface area (Å²) in [6, 6.07) is 56.6. The van der Waals surface area contributed by atoms with Gasteiger partial charge >= 0.3 is 0 Å². The molecule has 5 nitrogen and oxygen atoms in total. The third-order valence-corrected chi connectivity index (χ3v) is 14.1. The first kappa shape index (κ1) is 45.3. The predicted octanol–water partition coefficient (Wildman–Crippen LogP) is 14.0. The van der Waals surface area contributed by atoms with E-state index < -0.39 is 0 Å². The third-order valence-electron chi connectivity index (χ3n) is 14.1. The van der Waals surface area contributed by atoms with Crippen LogP contribution in [-0.2, 0) is 30.9 Å². The fourth-order valence-electron chi connectivity index (χ4n) is 10.2. The maximum atomic E-state index is 12.7. The third kappa shape index (κ3) is 7.48. The van der Waals surface area contributed by atoms with Crippen LogP contribution < -0.4 is 25.9 Å². The van der Waals surface area contributed by atoms with Crippen LogP contribution in [0.15, 0.2) is 152 Å². The Morgan fingerprint density at radius 3 is 2.04 bits per heavy atom. The van der Waals surface area contributed by atoms with Crippen LogP contribution in [0.3, 0.4) is 0 Å². The van der Waals surface area contributed by atoms with Crippen molar-refractivity contribution < 1.29 is 34.0 Å². The van der Waals surface area contributed by atoms with Crippen LogP contribution in [0, 0.1) is 31.8 Å². The number of halogens is 1. The molecule has 0 aliphatic carbocycles. The maximum Gasteiger partial charge on any atom is 0.260 e. The predicted molar refractivity (Wildman–Crippen MR) is 283 cm³/mol. The summed E-state index contributed by atoms with van der Waals surface area (Å²) in [6.45, 7) is 17.7. The normalized spacial score (nSPS) is 12.7. The molecule has 0 saturated carbocycles. The van der Waals surface area contributed by atoms with E-state index in [1.807, 2.05) is 32.2 Å². The van der Waals surface area contributed by atoms with Gasteiger partial charge in [-0.1, -0.05) is 136 Å². The van der Waals surface area contributed by atoms with Gasteiger partial charge < -0.3 is 18.9 Å². The minimum Gasteiger partial charge on any atom is -0.458 e. The van der Waals surface area contributed by atoms with Crippen LogP contribution in [-0.4, -0.2) is 21.1 Å². The standard InChI is InChI=1S/C49H38BN2O2.C13H11FN.Ir/c1-48(2,3)30-19-22-41-36(26-30)50-37-27-31(49(4,5)6)20-23-42(37)54-46-33-21-18-28(24-29(33)25-43(53-41)45(46)50)32-13-11-14-35-44(32)34-12-7-9-16-39(34)52-40-17-10-8-15-38(40)51-47(35)52;1-9-7-13(15-8-10(9)2)11-3-5-12(14)6-4-11;/h7-13,15-27H,1-6H3;3,5-8H,1-2H3;/q2*-1;. The Morgan fingerprint density at radius 1 is 0.643 bits per heavy atom. The van der Waals surface area contributed by atoms with E-state index in [-0.39, 0.29) is 43.5 Å². The Kier molecular flexibility index (Phi) is 10.9. The number of ether oxygens (including phenoxy) is 2. The second kappa shape index (κ2) is 16.8. The Hall–Kier alpha value is -7.12. The molecule has 0 fully saturated rings. The summed E-state index contributed by atoms with van der Waals surface area (Å²) in [5, 5.41) is 5.47. The van der Waals surface area contributed by atoms with Crippen LogP contribution in [0.4, 0.5) is 4.39 Å². The molecule has 8 heteroatoms. The summed E-state index contributed by atoms with van der Waals surface area (Å²) in [5.74, 6) is 3.27. The molecule has 13 rings (SSSR count). The topological polar surface area (TPSA) is 48.7 Å². The number of hydrogen-bond acceptors (Lipinski definition) is 4. The van der Waals surface area contributed by atoms with Crippen LogP contribution in [0.5, 0.6) is 23.0 Å². The molecule has 0 unspecified atom stereocenters. The molecule has 2 aliphatic heterocycles. The van der Waals surface area contributed by atoms with E-state index in [1.54, 1.807) is 6.07 Å². The minimum absolute atomic E-state index is 0. The number of rotatable bonds is 2. The summed E-state index contributed by atoms with van der Waals surface area (Å²) in [5.41, 5.74) is 16.4. The van der Waals surface area contributed by atoms with Crippen molar-refractivity contribution in [1.82, 2.24) is 14.4 Å². The van der Waals surface area contributed by atoms with Gasteiger partial charge in [0.05, 0.1) is 16.7 Å². The van der Waals surface area contributed by atoms with Gasteiger partial charge in [0.15, 0.2) is 0 Å². The van der Waals surface area contributed by atoms with Crippen molar-refractivity contribution in [3.05, 3.63) is 192 Å². The van der Waals surface area contributed by atoms with Crippen molar-refractivity contribution in [3.63, 3.8) is 0 Å². The average molecular weight is 1090 g/mol. The molecule has 0 saturated heterocycles. The molecule has 3 aromatic heterocycles. The first-order valence-corrected chi connectivity index (χ1v) is 23.7. The minimum atomic E-state index is -0.275. The number of para-hydroxylation sites is 3. The zero-order valence-corrected chi connectivity index (χ0v) is 42.8. The molecule has 8 aromatic carbocycles. The van der Waals surface area contributed by atoms with Gasteiger partial charge in [0.25, 0.3) is 6.71 Å². The monoisotopic (exact) mass is 1090 g/mol. The molecule has 5 heterocycles. The SMILES string of the molecule is CC(C)(C)c1ccc2c(c1)B1c3cc(C(C)(C)C)ccc3Oc3c1c(cc1cc(-c4cc[c-]c5c4c4ccccc4n4c6ccccc6nc54)ccc31)O2.Cc1cnc(-c2[c-]cc(F)cc2)cc1C.[Ir]. The smallest absolute Gasteiger partial charge is 0.260 e. The van der Waals surface area contributed by atoms with Gasteiger partial charge in [-0.2, -0.15) is 0 Å². The van der Waals surface area contributed by atoms with E-state index in [0.29, 0.717) is 0 Å². The largest absolute Gasteiger partial charge is 0.458 e. The summed E-state index contributed by atoms with van der Waals surface area (Å²) in [6.07, 6.45) is 1.82. The van der Waals surface area contributed by atoms with Gasteiger partial charge in [-0.3, -0.25) is 9.37 Å². The number of benzene rings is 8. The van der Waals surface area contributed by atoms with Crippen molar-refractivity contribution in [3.8, 4) is 45.4 Å². The molecule has 1 radical (unpaired) electrons. The molecule has 0 N–H and O–H groups in total. The van der Waals surface area contributed by atoms with Crippen molar-refractivity contribution >= 4 is 72.2 Å². The summed E-state index contributed by atoms with van der Waals surface area (Å²) in [4.78, 5) is 9.42. The van der Waals surface area contributed by atoms with E-state index in [1.165, 1.54) is 45.1 Å². The number of imidazole rings is 1. The van der Waals surface area contributed by atoms with Crippen LogP contribution in [0.1, 0.15) is 63.8 Å². The number of hydrogen-bond donors (Lipinski definition) is 0. The average Bonchev–Trinajstić information content (AvgIpc) is 3.74. The van der Waals surface area contributed by atoms with Crippen molar-refractivity contribution in [1.29, 1.82) is 0 Å². The van der Waals surface area contributed by atoms with Crippen LogP contribution in [0.2, 0.25) is 0 Å². The molecule has 11 aromatic rings. The summed E-state index contributed by atoms with van der Waals surface area (Å²) >= 11 is 0. The molecule has 0 amide bonds. The number of fused-ring (bicyclic) bond motifs is 14. The van der Waals surface area contributed by atoms with E-state index in [0.717, 1.165) is 100 Å². The van der Waals surface area contributed by atoms with Gasteiger partial charge in [0, 0.05) is 48.5 Å². The quantitative estimate of drug-likeness (QED) is 0.0983. The fourth-order valence-corrected chi connectivity index (χ4v) is 10.2. The van der Waals surface area contributed by atoms with Crippen molar-refractivity contribution in [2.45, 2.75) is 66.2 Å². The molecular weight excluding hydrogens is 1040 g/mol. The van der Waals surface area contributed by atoms with Crippen molar-refractivity contribution in [2.75, 3.05) is 0 Å².